The zero-order valence-corrected chi connectivity index (χ0v) is 12.7. The molecule has 1 aliphatic rings. The molecule has 0 atom stereocenters. The second kappa shape index (κ2) is 6.17. The standard InChI is InChI=1S/C16H22ClN3/c1-2-20-9-7-12(8-10-20)18-11-15-16(17)13-5-3-4-6-14(13)19-15/h3-6,12,18-19H,2,7-11H2,1H3. The van der Waals surface area contributed by atoms with E-state index in [4.69, 9.17) is 11.6 Å². The van der Waals surface area contributed by atoms with Crippen molar-refractivity contribution in [2.24, 2.45) is 0 Å². The topological polar surface area (TPSA) is 31.1 Å². The second-order valence-electron chi connectivity index (χ2n) is 5.55. The predicted molar refractivity (Wildman–Crippen MR) is 85.3 cm³/mol. The second-order valence-corrected chi connectivity index (χ2v) is 5.93. The Bertz CT molecular complexity index is 570. The summed E-state index contributed by atoms with van der Waals surface area (Å²) in [7, 11) is 0. The van der Waals surface area contributed by atoms with E-state index in [9.17, 15) is 0 Å². The number of benzene rings is 1. The maximum Gasteiger partial charge on any atom is 0.0705 e. The molecule has 2 heterocycles. The molecule has 2 N–H and O–H groups in total. The molecular formula is C16H22ClN3. The minimum Gasteiger partial charge on any atom is -0.356 e. The Morgan fingerprint density at radius 1 is 1.30 bits per heavy atom. The van der Waals surface area contributed by atoms with Crippen LogP contribution in [0.3, 0.4) is 0 Å². The summed E-state index contributed by atoms with van der Waals surface area (Å²) in [4.78, 5) is 5.93. The highest BCUT2D eigenvalue weighted by Gasteiger charge is 2.18. The van der Waals surface area contributed by atoms with Crippen molar-refractivity contribution in [3.8, 4) is 0 Å². The molecule has 3 rings (SSSR count). The van der Waals surface area contributed by atoms with Crippen molar-refractivity contribution < 1.29 is 0 Å². The zero-order valence-electron chi connectivity index (χ0n) is 12.0. The van der Waals surface area contributed by atoms with Crippen molar-refractivity contribution in [3.05, 3.63) is 35.0 Å². The molecule has 1 aromatic carbocycles. The lowest BCUT2D eigenvalue weighted by molar-refractivity contribution is 0.205. The summed E-state index contributed by atoms with van der Waals surface area (Å²) in [5.74, 6) is 0. The molecule has 0 unspecified atom stereocenters. The number of aromatic amines is 1. The number of piperidine rings is 1. The highest BCUT2D eigenvalue weighted by atomic mass is 35.5. The normalized spacial score (nSPS) is 17.9. The van der Waals surface area contributed by atoms with Crippen LogP contribution in [0.2, 0.25) is 5.02 Å². The van der Waals surface area contributed by atoms with Crippen LogP contribution >= 0.6 is 11.6 Å². The Hall–Kier alpha value is -1.03. The molecule has 0 amide bonds. The minimum atomic E-state index is 0.611. The first-order valence-electron chi connectivity index (χ1n) is 7.48. The number of likely N-dealkylation sites (tertiary alicyclic amines) is 1. The van der Waals surface area contributed by atoms with Crippen LogP contribution in [-0.2, 0) is 6.54 Å². The zero-order chi connectivity index (χ0) is 13.9. The number of nitrogens with zero attached hydrogens (tertiary/aromatic N) is 1. The molecule has 20 heavy (non-hydrogen) atoms. The fraction of sp³-hybridized carbons (Fsp3) is 0.500. The van der Waals surface area contributed by atoms with Crippen LogP contribution < -0.4 is 5.32 Å². The number of hydrogen-bond donors (Lipinski definition) is 2. The van der Waals surface area contributed by atoms with Gasteiger partial charge in [-0.3, -0.25) is 0 Å². The van der Waals surface area contributed by atoms with Crippen molar-refractivity contribution in [1.29, 1.82) is 0 Å². The number of fused-ring (bicyclic) bond motifs is 1. The third kappa shape index (κ3) is 2.85. The van der Waals surface area contributed by atoms with Gasteiger partial charge in [0.25, 0.3) is 0 Å². The van der Waals surface area contributed by atoms with E-state index in [1.807, 2.05) is 12.1 Å². The number of para-hydroxylation sites is 1. The lowest BCUT2D eigenvalue weighted by atomic mass is 10.1. The fourth-order valence-corrected chi connectivity index (χ4v) is 3.26. The molecule has 1 fully saturated rings. The van der Waals surface area contributed by atoms with Crippen molar-refractivity contribution in [2.45, 2.75) is 32.4 Å². The molecule has 2 aromatic rings. The molecule has 4 heteroatoms. The van der Waals surface area contributed by atoms with Crippen LogP contribution in [0.5, 0.6) is 0 Å². The van der Waals surface area contributed by atoms with Gasteiger partial charge in [0.2, 0.25) is 0 Å². The number of nitrogens with one attached hydrogen (secondary N) is 2. The molecule has 0 radical (unpaired) electrons. The van der Waals surface area contributed by atoms with Crippen molar-refractivity contribution in [3.63, 3.8) is 0 Å². The monoisotopic (exact) mass is 291 g/mol. The number of rotatable bonds is 4. The Kier molecular flexibility index (Phi) is 4.29. The number of aromatic nitrogens is 1. The molecule has 1 aromatic heterocycles. The van der Waals surface area contributed by atoms with Crippen LogP contribution in [0.15, 0.2) is 24.3 Å². The van der Waals surface area contributed by atoms with E-state index in [0.29, 0.717) is 6.04 Å². The van der Waals surface area contributed by atoms with Crippen molar-refractivity contribution in [1.82, 2.24) is 15.2 Å². The minimum absolute atomic E-state index is 0.611. The summed E-state index contributed by atoms with van der Waals surface area (Å²) in [6.45, 7) is 6.63. The molecule has 3 nitrogen and oxygen atoms in total. The fourth-order valence-electron chi connectivity index (χ4n) is 2.99. The Labute approximate surface area is 125 Å². The van der Waals surface area contributed by atoms with Gasteiger partial charge in [0.1, 0.15) is 0 Å². The lowest BCUT2D eigenvalue weighted by Gasteiger charge is -2.31. The first-order valence-corrected chi connectivity index (χ1v) is 7.86. The molecule has 0 saturated carbocycles. The van der Waals surface area contributed by atoms with Crippen LogP contribution in [0.25, 0.3) is 10.9 Å². The number of hydrogen-bond acceptors (Lipinski definition) is 2. The van der Waals surface area contributed by atoms with Crippen LogP contribution in [0.1, 0.15) is 25.5 Å². The quantitative estimate of drug-likeness (QED) is 0.905. The highest BCUT2D eigenvalue weighted by molar-refractivity contribution is 6.36. The highest BCUT2D eigenvalue weighted by Crippen LogP contribution is 2.27. The van der Waals surface area contributed by atoms with Crippen LogP contribution in [-0.4, -0.2) is 35.6 Å². The van der Waals surface area contributed by atoms with Crippen molar-refractivity contribution >= 4 is 22.5 Å². The van der Waals surface area contributed by atoms with Gasteiger partial charge in [-0.2, -0.15) is 0 Å². The van der Waals surface area contributed by atoms with Gasteiger partial charge in [-0.25, -0.2) is 0 Å². The van der Waals surface area contributed by atoms with Crippen LogP contribution in [0, 0.1) is 0 Å². The van der Waals surface area contributed by atoms with Crippen molar-refractivity contribution in [2.75, 3.05) is 19.6 Å². The number of H-pyrrole nitrogens is 1. The van der Waals surface area contributed by atoms with E-state index < -0.39 is 0 Å². The summed E-state index contributed by atoms with van der Waals surface area (Å²) >= 11 is 6.44. The first-order chi connectivity index (χ1) is 9.78. The molecule has 1 aliphatic heterocycles. The van der Waals surface area contributed by atoms with E-state index in [2.05, 4.69) is 34.3 Å². The Morgan fingerprint density at radius 3 is 2.75 bits per heavy atom. The summed E-state index contributed by atoms with van der Waals surface area (Å²) in [5.41, 5.74) is 2.22. The first kappa shape index (κ1) is 13.9. The SMILES string of the molecule is CCN1CCC(NCc2[nH]c3ccccc3c2Cl)CC1. The predicted octanol–water partition coefficient (Wildman–Crippen LogP) is 3.40. The largest absolute Gasteiger partial charge is 0.356 e. The molecule has 108 valence electrons. The maximum atomic E-state index is 6.44. The summed E-state index contributed by atoms with van der Waals surface area (Å²) in [5, 5.41) is 5.62. The summed E-state index contributed by atoms with van der Waals surface area (Å²) in [6, 6.07) is 8.81. The van der Waals surface area contributed by atoms with Gasteiger partial charge in [-0.1, -0.05) is 36.7 Å². The van der Waals surface area contributed by atoms with Gasteiger partial charge in [-0.15, -0.1) is 0 Å². The molecule has 1 saturated heterocycles. The lowest BCUT2D eigenvalue weighted by Crippen LogP contribution is -2.42. The number of halogens is 1. The molecule has 0 bridgehead atoms. The summed E-state index contributed by atoms with van der Waals surface area (Å²) in [6.07, 6.45) is 2.46. The van der Waals surface area contributed by atoms with Gasteiger partial charge in [-0.05, 0) is 38.5 Å². The van der Waals surface area contributed by atoms with E-state index in [1.165, 1.54) is 32.5 Å². The molecular weight excluding hydrogens is 270 g/mol. The van der Waals surface area contributed by atoms with Gasteiger partial charge < -0.3 is 15.2 Å². The Balaban J connectivity index is 1.61. The Morgan fingerprint density at radius 2 is 2.05 bits per heavy atom. The van der Waals surface area contributed by atoms with Gasteiger partial charge in [0, 0.05) is 29.2 Å². The van der Waals surface area contributed by atoms with Gasteiger partial charge >= 0.3 is 0 Å². The van der Waals surface area contributed by atoms with Crippen LogP contribution in [0.4, 0.5) is 0 Å². The van der Waals surface area contributed by atoms with E-state index in [-0.39, 0.29) is 0 Å². The average Bonchev–Trinajstić information content (AvgIpc) is 2.83. The smallest absolute Gasteiger partial charge is 0.0705 e. The van der Waals surface area contributed by atoms with Gasteiger partial charge in [0.05, 0.1) is 5.02 Å². The van der Waals surface area contributed by atoms with E-state index in [0.717, 1.165) is 28.2 Å². The van der Waals surface area contributed by atoms with E-state index in [1.54, 1.807) is 0 Å². The average molecular weight is 292 g/mol. The molecule has 0 aliphatic carbocycles. The summed E-state index contributed by atoms with van der Waals surface area (Å²) < 4.78 is 0. The molecule has 0 spiro atoms. The third-order valence-corrected chi connectivity index (χ3v) is 4.75. The maximum absolute atomic E-state index is 6.44. The van der Waals surface area contributed by atoms with E-state index >= 15 is 0 Å². The third-order valence-electron chi connectivity index (χ3n) is 4.32. The van der Waals surface area contributed by atoms with Gasteiger partial charge in [0.15, 0.2) is 0 Å².